The number of allylic oxidation sites excluding steroid dienone is 6. The SMILES string of the molecule is CCCCCC/C=C\CCCCCCCC/C=C\CC/C=C\CCCC(=O)O. The molecule has 0 aliphatic rings. The van der Waals surface area contributed by atoms with E-state index >= 15 is 0 Å². The zero-order valence-electron chi connectivity index (χ0n) is 18.5. The zero-order valence-corrected chi connectivity index (χ0v) is 18.5. The zero-order chi connectivity index (χ0) is 20.5. The molecular formula is C26H46O2. The van der Waals surface area contributed by atoms with Crippen LogP contribution in [0.3, 0.4) is 0 Å². The maximum Gasteiger partial charge on any atom is 0.303 e. The predicted octanol–water partition coefficient (Wildman–Crippen LogP) is 8.78. The van der Waals surface area contributed by atoms with Gasteiger partial charge in [0.15, 0.2) is 0 Å². The molecular weight excluding hydrogens is 344 g/mol. The Labute approximate surface area is 175 Å². The van der Waals surface area contributed by atoms with Crippen LogP contribution in [0.5, 0.6) is 0 Å². The molecule has 0 atom stereocenters. The molecule has 2 nitrogen and oxygen atoms in total. The molecule has 0 spiro atoms. The van der Waals surface area contributed by atoms with Crippen LogP contribution in [0.2, 0.25) is 0 Å². The summed E-state index contributed by atoms with van der Waals surface area (Å²) >= 11 is 0. The average molecular weight is 391 g/mol. The molecule has 0 aromatic rings. The van der Waals surface area contributed by atoms with Gasteiger partial charge < -0.3 is 5.11 Å². The van der Waals surface area contributed by atoms with Crippen LogP contribution in [0, 0.1) is 0 Å². The highest BCUT2D eigenvalue weighted by molar-refractivity contribution is 5.66. The first-order chi connectivity index (χ1) is 13.8. The summed E-state index contributed by atoms with van der Waals surface area (Å²) in [7, 11) is 0. The van der Waals surface area contributed by atoms with Crippen LogP contribution in [-0.2, 0) is 4.79 Å². The molecule has 0 unspecified atom stereocenters. The van der Waals surface area contributed by atoms with E-state index in [-0.39, 0.29) is 6.42 Å². The van der Waals surface area contributed by atoms with Crippen LogP contribution in [-0.4, -0.2) is 11.1 Å². The molecule has 0 fully saturated rings. The lowest BCUT2D eigenvalue weighted by atomic mass is 10.1. The summed E-state index contributed by atoms with van der Waals surface area (Å²) in [5.74, 6) is -0.697. The maximum absolute atomic E-state index is 10.4. The van der Waals surface area contributed by atoms with Crippen molar-refractivity contribution in [2.24, 2.45) is 0 Å². The third-order valence-electron chi connectivity index (χ3n) is 4.98. The Bertz CT molecular complexity index is 407. The Balaban J connectivity index is 3.20. The number of rotatable bonds is 21. The largest absolute Gasteiger partial charge is 0.481 e. The van der Waals surface area contributed by atoms with Gasteiger partial charge in [0.1, 0.15) is 0 Å². The normalized spacial score (nSPS) is 12.0. The lowest BCUT2D eigenvalue weighted by Crippen LogP contribution is -1.92. The highest BCUT2D eigenvalue weighted by atomic mass is 16.4. The highest BCUT2D eigenvalue weighted by Gasteiger charge is 1.93. The first kappa shape index (κ1) is 26.7. The van der Waals surface area contributed by atoms with Gasteiger partial charge in [0.05, 0.1) is 0 Å². The van der Waals surface area contributed by atoms with E-state index in [1.54, 1.807) is 0 Å². The number of unbranched alkanes of at least 4 members (excludes halogenated alkanes) is 13. The second-order valence-corrected chi connectivity index (χ2v) is 7.83. The van der Waals surface area contributed by atoms with Crippen molar-refractivity contribution >= 4 is 5.97 Å². The van der Waals surface area contributed by atoms with E-state index in [1.165, 1.54) is 83.5 Å². The molecule has 162 valence electrons. The molecule has 0 amide bonds. The lowest BCUT2D eigenvalue weighted by Gasteiger charge is -1.99. The standard InChI is InChI=1S/C26H46O2/c1-2-3-4-5-6-7-8-9-10-11-12-13-14-15-16-17-18-19-20-21-22-23-24-25-26(27)28/h7-8,17-18,21-22H,2-6,9-16,19-20,23-25H2,1H3,(H,27,28)/b8-7-,18-17-,22-21-. The van der Waals surface area contributed by atoms with Crippen molar-refractivity contribution < 1.29 is 9.90 Å². The minimum absolute atomic E-state index is 0.278. The van der Waals surface area contributed by atoms with E-state index < -0.39 is 5.97 Å². The summed E-state index contributed by atoms with van der Waals surface area (Å²) in [5.41, 5.74) is 0. The number of carbonyl (C=O) groups is 1. The molecule has 0 bridgehead atoms. The fourth-order valence-electron chi connectivity index (χ4n) is 3.19. The van der Waals surface area contributed by atoms with Gasteiger partial charge in [-0.05, 0) is 64.2 Å². The Hall–Kier alpha value is -1.31. The molecule has 0 aromatic carbocycles. The van der Waals surface area contributed by atoms with E-state index in [4.69, 9.17) is 5.11 Å². The maximum atomic E-state index is 10.4. The molecule has 0 aliphatic carbocycles. The summed E-state index contributed by atoms with van der Waals surface area (Å²) in [5, 5.41) is 8.55. The van der Waals surface area contributed by atoms with Gasteiger partial charge in [0.25, 0.3) is 0 Å². The van der Waals surface area contributed by atoms with Crippen LogP contribution < -0.4 is 0 Å². The first-order valence-electron chi connectivity index (χ1n) is 11.9. The second-order valence-electron chi connectivity index (χ2n) is 7.83. The van der Waals surface area contributed by atoms with Crippen LogP contribution >= 0.6 is 0 Å². The van der Waals surface area contributed by atoms with Gasteiger partial charge in [0.2, 0.25) is 0 Å². The fourth-order valence-corrected chi connectivity index (χ4v) is 3.19. The Morgan fingerprint density at radius 1 is 0.536 bits per heavy atom. The van der Waals surface area contributed by atoms with Crippen molar-refractivity contribution in [3.05, 3.63) is 36.5 Å². The molecule has 0 aliphatic heterocycles. The van der Waals surface area contributed by atoms with E-state index in [0.29, 0.717) is 0 Å². The van der Waals surface area contributed by atoms with Crippen LogP contribution in [0.15, 0.2) is 36.5 Å². The monoisotopic (exact) mass is 390 g/mol. The summed E-state index contributed by atoms with van der Waals surface area (Å²) < 4.78 is 0. The summed E-state index contributed by atoms with van der Waals surface area (Å²) in [6.07, 6.45) is 35.2. The van der Waals surface area contributed by atoms with E-state index in [1.807, 2.05) is 0 Å². The number of carboxylic acid groups (broad SMARTS) is 1. The van der Waals surface area contributed by atoms with Crippen molar-refractivity contribution in [1.82, 2.24) is 0 Å². The first-order valence-corrected chi connectivity index (χ1v) is 11.9. The minimum atomic E-state index is -0.697. The third-order valence-corrected chi connectivity index (χ3v) is 4.98. The quantitative estimate of drug-likeness (QED) is 0.157. The predicted molar refractivity (Wildman–Crippen MR) is 124 cm³/mol. The topological polar surface area (TPSA) is 37.3 Å². The number of hydrogen-bond acceptors (Lipinski definition) is 1. The average Bonchev–Trinajstić information content (AvgIpc) is 2.68. The van der Waals surface area contributed by atoms with Crippen LogP contribution in [0.25, 0.3) is 0 Å². The fraction of sp³-hybridized carbons (Fsp3) is 0.731. The summed E-state index contributed by atoms with van der Waals surface area (Å²) in [6.45, 7) is 2.27. The molecule has 0 heterocycles. The lowest BCUT2D eigenvalue weighted by molar-refractivity contribution is -0.137. The summed E-state index contributed by atoms with van der Waals surface area (Å²) in [4.78, 5) is 10.4. The summed E-state index contributed by atoms with van der Waals surface area (Å²) in [6, 6.07) is 0. The minimum Gasteiger partial charge on any atom is -0.481 e. The molecule has 0 saturated heterocycles. The number of carboxylic acids is 1. The molecule has 0 aromatic heterocycles. The van der Waals surface area contributed by atoms with Gasteiger partial charge in [-0.3, -0.25) is 4.79 Å². The van der Waals surface area contributed by atoms with Crippen molar-refractivity contribution in [1.29, 1.82) is 0 Å². The van der Waals surface area contributed by atoms with Crippen molar-refractivity contribution in [2.45, 2.75) is 122 Å². The van der Waals surface area contributed by atoms with E-state index in [2.05, 4.69) is 43.4 Å². The Morgan fingerprint density at radius 3 is 1.32 bits per heavy atom. The van der Waals surface area contributed by atoms with Gasteiger partial charge in [-0.15, -0.1) is 0 Å². The Kier molecular flexibility index (Phi) is 22.6. The molecule has 2 heteroatoms. The van der Waals surface area contributed by atoms with Crippen LogP contribution in [0.1, 0.15) is 122 Å². The van der Waals surface area contributed by atoms with Gasteiger partial charge in [-0.25, -0.2) is 0 Å². The van der Waals surface area contributed by atoms with Crippen molar-refractivity contribution in [3.63, 3.8) is 0 Å². The molecule has 1 N–H and O–H groups in total. The highest BCUT2D eigenvalue weighted by Crippen LogP contribution is 2.10. The molecule has 0 rings (SSSR count). The second kappa shape index (κ2) is 23.7. The number of hydrogen-bond donors (Lipinski definition) is 1. The molecule has 0 radical (unpaired) electrons. The van der Waals surface area contributed by atoms with Crippen molar-refractivity contribution in [3.8, 4) is 0 Å². The van der Waals surface area contributed by atoms with Crippen molar-refractivity contribution in [2.75, 3.05) is 0 Å². The molecule has 28 heavy (non-hydrogen) atoms. The third kappa shape index (κ3) is 24.7. The Morgan fingerprint density at radius 2 is 0.893 bits per heavy atom. The van der Waals surface area contributed by atoms with Crippen LogP contribution in [0.4, 0.5) is 0 Å². The number of aliphatic carboxylic acids is 1. The van der Waals surface area contributed by atoms with Gasteiger partial charge in [0, 0.05) is 6.42 Å². The molecule has 0 saturated carbocycles. The van der Waals surface area contributed by atoms with Gasteiger partial charge in [-0.1, -0.05) is 88.3 Å². The van der Waals surface area contributed by atoms with E-state index in [0.717, 1.165) is 25.7 Å². The smallest absolute Gasteiger partial charge is 0.303 e. The van der Waals surface area contributed by atoms with E-state index in [9.17, 15) is 4.79 Å². The van der Waals surface area contributed by atoms with Gasteiger partial charge in [-0.2, -0.15) is 0 Å². The van der Waals surface area contributed by atoms with Gasteiger partial charge >= 0.3 is 5.97 Å².